The summed E-state index contributed by atoms with van der Waals surface area (Å²) in [6.07, 6.45) is 0.926. The number of anilines is 1. The third-order valence-corrected chi connectivity index (χ3v) is 3.32. The maximum atomic E-state index is 12.5. The van der Waals surface area contributed by atoms with E-state index >= 15 is 0 Å². The van der Waals surface area contributed by atoms with Gasteiger partial charge >= 0.3 is 0 Å². The number of nitrogens with one attached hydrogen (secondary N) is 1. The number of hydrazine groups is 1. The molecule has 0 saturated carbocycles. The fourth-order valence-corrected chi connectivity index (χ4v) is 2.21. The molecule has 0 bridgehead atoms. The minimum absolute atomic E-state index is 0.0579. The van der Waals surface area contributed by atoms with Gasteiger partial charge in [-0.1, -0.05) is 13.0 Å². The first-order valence-corrected chi connectivity index (χ1v) is 6.52. The minimum atomic E-state index is -0.0703. The lowest BCUT2D eigenvalue weighted by Gasteiger charge is -2.38. The number of carbonyl (C=O) groups is 1. The highest BCUT2D eigenvalue weighted by Crippen LogP contribution is 2.17. The van der Waals surface area contributed by atoms with E-state index in [4.69, 9.17) is 10.6 Å². The number of pyridine rings is 1. The van der Waals surface area contributed by atoms with E-state index in [2.05, 4.69) is 17.3 Å². The zero-order valence-electron chi connectivity index (χ0n) is 11.3. The third-order valence-electron chi connectivity index (χ3n) is 3.32. The molecule has 6 nitrogen and oxygen atoms in total. The fourth-order valence-electron chi connectivity index (χ4n) is 2.21. The van der Waals surface area contributed by atoms with E-state index < -0.39 is 0 Å². The van der Waals surface area contributed by atoms with E-state index in [0.29, 0.717) is 24.7 Å². The van der Waals surface area contributed by atoms with Crippen molar-refractivity contribution in [2.45, 2.75) is 32.4 Å². The van der Waals surface area contributed by atoms with Crippen molar-refractivity contribution in [3.63, 3.8) is 0 Å². The molecule has 0 aliphatic carbocycles. The second-order valence-electron chi connectivity index (χ2n) is 4.72. The summed E-state index contributed by atoms with van der Waals surface area (Å²) >= 11 is 0. The van der Waals surface area contributed by atoms with Crippen LogP contribution in [0.15, 0.2) is 18.2 Å². The van der Waals surface area contributed by atoms with Gasteiger partial charge in [-0.15, -0.1) is 0 Å². The molecule has 3 N–H and O–H groups in total. The van der Waals surface area contributed by atoms with E-state index in [0.717, 1.165) is 6.42 Å². The van der Waals surface area contributed by atoms with Crippen molar-refractivity contribution < 1.29 is 9.53 Å². The van der Waals surface area contributed by atoms with Gasteiger partial charge < -0.3 is 15.1 Å². The number of nitrogen functional groups attached to an aromatic ring is 1. The smallest absolute Gasteiger partial charge is 0.272 e. The minimum Gasteiger partial charge on any atom is -0.375 e. The number of amides is 1. The molecule has 1 saturated heterocycles. The molecule has 1 aromatic heterocycles. The summed E-state index contributed by atoms with van der Waals surface area (Å²) in [6.45, 7) is 5.20. The lowest BCUT2D eigenvalue weighted by atomic mass is 10.1. The molecule has 2 rings (SSSR count). The highest BCUT2D eigenvalue weighted by Gasteiger charge is 2.30. The number of hydrogen-bond donors (Lipinski definition) is 2. The van der Waals surface area contributed by atoms with E-state index in [1.807, 2.05) is 11.8 Å². The van der Waals surface area contributed by atoms with Crippen molar-refractivity contribution in [1.82, 2.24) is 9.88 Å². The first kappa shape index (κ1) is 13.8. The number of nitrogens with zero attached hydrogens (tertiary/aromatic N) is 2. The first-order valence-electron chi connectivity index (χ1n) is 6.52. The Morgan fingerprint density at radius 1 is 1.63 bits per heavy atom. The van der Waals surface area contributed by atoms with Gasteiger partial charge in [-0.2, -0.15) is 0 Å². The predicted molar refractivity (Wildman–Crippen MR) is 72.6 cm³/mol. The number of hydrogen-bond acceptors (Lipinski definition) is 5. The molecule has 1 aliphatic rings. The van der Waals surface area contributed by atoms with E-state index in [1.165, 1.54) is 0 Å². The van der Waals surface area contributed by atoms with Crippen molar-refractivity contribution in [3.8, 4) is 0 Å². The summed E-state index contributed by atoms with van der Waals surface area (Å²) in [5.74, 6) is 5.73. The maximum absolute atomic E-state index is 12.5. The topological polar surface area (TPSA) is 80.5 Å². The van der Waals surface area contributed by atoms with Crippen LogP contribution in [-0.2, 0) is 4.74 Å². The van der Waals surface area contributed by atoms with Crippen LogP contribution in [0.5, 0.6) is 0 Å². The molecule has 1 aromatic rings. The largest absolute Gasteiger partial charge is 0.375 e. The van der Waals surface area contributed by atoms with Crippen LogP contribution in [0.25, 0.3) is 0 Å². The second-order valence-corrected chi connectivity index (χ2v) is 4.72. The van der Waals surface area contributed by atoms with Crippen molar-refractivity contribution in [2.24, 2.45) is 5.84 Å². The van der Waals surface area contributed by atoms with Gasteiger partial charge in [0, 0.05) is 6.54 Å². The molecule has 2 unspecified atom stereocenters. The Kier molecular flexibility index (Phi) is 4.34. The van der Waals surface area contributed by atoms with Gasteiger partial charge in [0.05, 0.1) is 18.8 Å². The number of nitrogens with two attached hydrogens (primary N) is 1. The van der Waals surface area contributed by atoms with Crippen molar-refractivity contribution in [2.75, 3.05) is 18.6 Å². The predicted octanol–water partition coefficient (Wildman–Crippen LogP) is 1.01. The molecule has 0 aromatic carbocycles. The average Bonchev–Trinajstić information content (AvgIpc) is 2.46. The Bertz CT molecular complexity index is 452. The molecule has 2 atom stereocenters. The fraction of sp³-hybridized carbons (Fsp3) is 0.538. The zero-order valence-corrected chi connectivity index (χ0v) is 11.3. The van der Waals surface area contributed by atoms with Gasteiger partial charge in [-0.25, -0.2) is 10.8 Å². The molecule has 1 amide bonds. The summed E-state index contributed by atoms with van der Waals surface area (Å²) in [4.78, 5) is 18.6. The highest BCUT2D eigenvalue weighted by atomic mass is 16.5. The Labute approximate surface area is 112 Å². The number of aromatic nitrogens is 1. The lowest BCUT2D eigenvalue weighted by Crippen LogP contribution is -2.51. The van der Waals surface area contributed by atoms with Crippen LogP contribution in [0.4, 0.5) is 5.82 Å². The molecule has 6 heteroatoms. The molecule has 19 heavy (non-hydrogen) atoms. The highest BCUT2D eigenvalue weighted by molar-refractivity contribution is 5.93. The summed E-state index contributed by atoms with van der Waals surface area (Å²) in [7, 11) is 0. The van der Waals surface area contributed by atoms with Crippen molar-refractivity contribution >= 4 is 11.7 Å². The van der Waals surface area contributed by atoms with Gasteiger partial charge in [-0.05, 0) is 25.5 Å². The lowest BCUT2D eigenvalue weighted by molar-refractivity contribution is -0.0445. The maximum Gasteiger partial charge on any atom is 0.272 e. The van der Waals surface area contributed by atoms with Crippen LogP contribution >= 0.6 is 0 Å². The Hall–Kier alpha value is -1.66. The normalized spacial score (nSPS) is 23.2. The number of carbonyl (C=O) groups excluding carboxylic acids is 1. The SMILES string of the molecule is CCC1COC(C)CN1C(=O)c1cccc(NN)n1. The number of ether oxygens (including phenoxy) is 1. The summed E-state index contributed by atoms with van der Waals surface area (Å²) in [5, 5.41) is 0. The van der Waals surface area contributed by atoms with Gasteiger partial charge in [0.25, 0.3) is 5.91 Å². The zero-order chi connectivity index (χ0) is 13.8. The Balaban J connectivity index is 2.20. The van der Waals surface area contributed by atoms with Crippen LogP contribution in [0, 0.1) is 0 Å². The van der Waals surface area contributed by atoms with Crippen molar-refractivity contribution in [3.05, 3.63) is 23.9 Å². The number of rotatable bonds is 3. The first-order chi connectivity index (χ1) is 9.15. The molecule has 104 valence electrons. The van der Waals surface area contributed by atoms with Crippen LogP contribution in [-0.4, -0.2) is 41.1 Å². The van der Waals surface area contributed by atoms with Crippen molar-refractivity contribution in [1.29, 1.82) is 0 Å². The monoisotopic (exact) mass is 264 g/mol. The molecule has 1 aliphatic heterocycles. The molecule has 2 heterocycles. The molecule has 0 radical (unpaired) electrons. The van der Waals surface area contributed by atoms with Crippen LogP contribution in [0.2, 0.25) is 0 Å². The van der Waals surface area contributed by atoms with Crippen LogP contribution in [0.1, 0.15) is 30.8 Å². The van der Waals surface area contributed by atoms with Crippen LogP contribution < -0.4 is 11.3 Å². The Morgan fingerprint density at radius 2 is 2.42 bits per heavy atom. The van der Waals surface area contributed by atoms with E-state index in [-0.39, 0.29) is 18.1 Å². The second kappa shape index (κ2) is 5.99. The van der Waals surface area contributed by atoms with Crippen LogP contribution in [0.3, 0.4) is 0 Å². The van der Waals surface area contributed by atoms with Gasteiger partial charge in [0.1, 0.15) is 11.5 Å². The summed E-state index contributed by atoms with van der Waals surface area (Å²) in [5.41, 5.74) is 2.86. The standard InChI is InChI=1S/C13H20N4O2/c1-3-10-8-19-9(2)7-17(10)13(18)11-5-4-6-12(15-11)16-14/h4-6,9-10H,3,7-8,14H2,1-2H3,(H,15,16). The molecular weight excluding hydrogens is 244 g/mol. The molecular formula is C13H20N4O2. The summed E-state index contributed by atoms with van der Waals surface area (Å²) in [6, 6.07) is 5.30. The third kappa shape index (κ3) is 3.02. The van der Waals surface area contributed by atoms with E-state index in [1.54, 1.807) is 18.2 Å². The molecule has 1 fully saturated rings. The van der Waals surface area contributed by atoms with Gasteiger partial charge in [0.2, 0.25) is 0 Å². The quantitative estimate of drug-likeness (QED) is 0.629. The average molecular weight is 264 g/mol. The summed E-state index contributed by atoms with van der Waals surface area (Å²) < 4.78 is 5.60. The Morgan fingerprint density at radius 3 is 3.11 bits per heavy atom. The van der Waals surface area contributed by atoms with E-state index in [9.17, 15) is 4.79 Å². The van der Waals surface area contributed by atoms with Gasteiger partial charge in [0.15, 0.2) is 0 Å². The number of morpholine rings is 1. The van der Waals surface area contributed by atoms with Gasteiger partial charge in [-0.3, -0.25) is 4.79 Å². The molecule has 0 spiro atoms.